The van der Waals surface area contributed by atoms with Crippen LogP contribution in [0.2, 0.25) is 0 Å². The fourth-order valence-corrected chi connectivity index (χ4v) is 3.08. The third kappa shape index (κ3) is 6.28. The minimum atomic E-state index is 0. The molecular formula is C22H29IN6. The highest BCUT2D eigenvalue weighted by atomic mass is 127. The molecule has 29 heavy (non-hydrogen) atoms. The van der Waals surface area contributed by atoms with Crippen LogP contribution in [-0.4, -0.2) is 33.8 Å². The molecule has 0 aliphatic carbocycles. The molecule has 0 amide bonds. The van der Waals surface area contributed by atoms with Crippen LogP contribution in [0.3, 0.4) is 0 Å². The third-order valence-corrected chi connectivity index (χ3v) is 4.78. The molecule has 0 fully saturated rings. The minimum Gasteiger partial charge on any atom is -0.357 e. The molecule has 0 saturated heterocycles. The summed E-state index contributed by atoms with van der Waals surface area (Å²) in [5, 5.41) is 15.1. The SMILES string of the molecule is CCNC(=NCc1nnc(C)n1C)NCC(c1ccccc1)c1ccccc1.I. The highest BCUT2D eigenvalue weighted by Crippen LogP contribution is 2.23. The smallest absolute Gasteiger partial charge is 0.191 e. The van der Waals surface area contributed by atoms with E-state index >= 15 is 0 Å². The number of rotatable bonds is 7. The Balaban J connectivity index is 0.00000300. The predicted octanol–water partition coefficient (Wildman–Crippen LogP) is 3.63. The Kier molecular flexibility index (Phi) is 9.11. The standard InChI is InChI=1S/C22H28N6.HI/c1-4-23-22(25-16-21-27-26-17(2)28(21)3)24-15-20(18-11-7-5-8-12-18)19-13-9-6-10-14-19;/h5-14,20H,4,15-16H2,1-3H3,(H2,23,24,25);1H. The van der Waals surface area contributed by atoms with E-state index in [4.69, 9.17) is 0 Å². The second-order valence-electron chi connectivity index (χ2n) is 6.67. The van der Waals surface area contributed by atoms with Crippen molar-refractivity contribution >= 4 is 29.9 Å². The second-order valence-corrected chi connectivity index (χ2v) is 6.67. The largest absolute Gasteiger partial charge is 0.357 e. The van der Waals surface area contributed by atoms with Gasteiger partial charge >= 0.3 is 0 Å². The van der Waals surface area contributed by atoms with Crippen molar-refractivity contribution < 1.29 is 0 Å². The van der Waals surface area contributed by atoms with Crippen LogP contribution in [0.4, 0.5) is 0 Å². The fourth-order valence-electron chi connectivity index (χ4n) is 3.08. The molecule has 2 aromatic carbocycles. The average Bonchev–Trinajstić information content (AvgIpc) is 3.06. The number of nitrogens with one attached hydrogen (secondary N) is 2. The lowest BCUT2D eigenvalue weighted by atomic mass is 9.91. The number of benzene rings is 2. The first-order valence-corrected chi connectivity index (χ1v) is 9.66. The van der Waals surface area contributed by atoms with Crippen LogP contribution >= 0.6 is 24.0 Å². The Morgan fingerprint density at radius 2 is 1.55 bits per heavy atom. The molecule has 0 saturated carbocycles. The monoisotopic (exact) mass is 504 g/mol. The van der Waals surface area contributed by atoms with Crippen LogP contribution in [0, 0.1) is 6.92 Å². The molecule has 3 aromatic rings. The molecular weight excluding hydrogens is 475 g/mol. The highest BCUT2D eigenvalue weighted by molar-refractivity contribution is 14.0. The maximum atomic E-state index is 4.69. The van der Waals surface area contributed by atoms with Gasteiger partial charge < -0.3 is 15.2 Å². The molecule has 1 heterocycles. The summed E-state index contributed by atoms with van der Waals surface area (Å²) >= 11 is 0. The van der Waals surface area contributed by atoms with Crippen molar-refractivity contribution in [1.29, 1.82) is 0 Å². The van der Waals surface area contributed by atoms with Crippen molar-refractivity contribution in [3.63, 3.8) is 0 Å². The normalized spacial score (nSPS) is 11.2. The van der Waals surface area contributed by atoms with Gasteiger partial charge in [0.25, 0.3) is 0 Å². The summed E-state index contributed by atoms with van der Waals surface area (Å²) < 4.78 is 1.96. The minimum absolute atomic E-state index is 0. The summed E-state index contributed by atoms with van der Waals surface area (Å²) in [6.07, 6.45) is 0. The van der Waals surface area contributed by atoms with Gasteiger partial charge in [-0.3, -0.25) is 0 Å². The van der Waals surface area contributed by atoms with Crippen molar-refractivity contribution in [2.45, 2.75) is 26.3 Å². The van der Waals surface area contributed by atoms with E-state index in [1.54, 1.807) is 0 Å². The van der Waals surface area contributed by atoms with Gasteiger partial charge in [-0.2, -0.15) is 0 Å². The lowest BCUT2D eigenvalue weighted by Gasteiger charge is -2.20. The summed E-state index contributed by atoms with van der Waals surface area (Å²) in [4.78, 5) is 4.69. The summed E-state index contributed by atoms with van der Waals surface area (Å²) in [7, 11) is 1.96. The Hall–Kier alpha value is -2.42. The molecule has 7 heteroatoms. The van der Waals surface area contributed by atoms with Crippen LogP contribution in [-0.2, 0) is 13.6 Å². The zero-order valence-corrected chi connectivity index (χ0v) is 19.5. The topological polar surface area (TPSA) is 67.1 Å². The molecule has 0 spiro atoms. The maximum Gasteiger partial charge on any atom is 0.191 e. The Morgan fingerprint density at radius 3 is 2.03 bits per heavy atom. The van der Waals surface area contributed by atoms with Gasteiger partial charge in [-0.25, -0.2) is 4.99 Å². The third-order valence-electron chi connectivity index (χ3n) is 4.78. The van der Waals surface area contributed by atoms with E-state index in [2.05, 4.69) is 81.3 Å². The zero-order valence-electron chi connectivity index (χ0n) is 17.2. The first kappa shape index (κ1) is 22.9. The van der Waals surface area contributed by atoms with Gasteiger partial charge in [-0.15, -0.1) is 34.2 Å². The van der Waals surface area contributed by atoms with Crippen LogP contribution in [0.15, 0.2) is 65.7 Å². The molecule has 0 aliphatic rings. The van der Waals surface area contributed by atoms with Crippen LogP contribution in [0.1, 0.15) is 35.6 Å². The van der Waals surface area contributed by atoms with E-state index < -0.39 is 0 Å². The Bertz CT molecular complexity index is 853. The van der Waals surface area contributed by atoms with Crippen LogP contribution in [0.5, 0.6) is 0 Å². The van der Waals surface area contributed by atoms with Gasteiger partial charge in [-0.05, 0) is 25.0 Å². The lowest BCUT2D eigenvalue weighted by Crippen LogP contribution is -2.39. The predicted molar refractivity (Wildman–Crippen MR) is 129 cm³/mol. The fraction of sp³-hybridized carbons (Fsp3) is 0.318. The first-order chi connectivity index (χ1) is 13.7. The van der Waals surface area contributed by atoms with E-state index in [1.807, 2.05) is 30.7 Å². The molecule has 0 unspecified atom stereocenters. The lowest BCUT2D eigenvalue weighted by molar-refractivity contribution is 0.720. The number of hydrogen-bond acceptors (Lipinski definition) is 3. The number of nitrogens with zero attached hydrogens (tertiary/aromatic N) is 4. The first-order valence-electron chi connectivity index (χ1n) is 9.66. The molecule has 1 aromatic heterocycles. The number of aryl methyl sites for hydroxylation is 1. The number of aromatic nitrogens is 3. The molecule has 0 atom stereocenters. The highest BCUT2D eigenvalue weighted by Gasteiger charge is 2.14. The molecule has 0 aliphatic heterocycles. The molecule has 3 rings (SSSR count). The second kappa shape index (κ2) is 11.5. The number of hydrogen-bond donors (Lipinski definition) is 2. The van der Waals surface area contributed by atoms with Gasteiger partial charge in [0.15, 0.2) is 11.8 Å². The van der Waals surface area contributed by atoms with E-state index in [0.717, 1.165) is 30.7 Å². The average molecular weight is 504 g/mol. The molecule has 2 N–H and O–H groups in total. The summed E-state index contributed by atoms with van der Waals surface area (Å²) in [6, 6.07) is 21.1. The van der Waals surface area contributed by atoms with Crippen molar-refractivity contribution in [3.8, 4) is 0 Å². The van der Waals surface area contributed by atoms with Crippen molar-refractivity contribution in [1.82, 2.24) is 25.4 Å². The number of halogens is 1. The zero-order chi connectivity index (χ0) is 19.8. The Morgan fingerprint density at radius 1 is 0.966 bits per heavy atom. The van der Waals surface area contributed by atoms with Gasteiger partial charge in [0.2, 0.25) is 0 Å². The van der Waals surface area contributed by atoms with Crippen molar-refractivity contribution in [2.24, 2.45) is 12.0 Å². The van der Waals surface area contributed by atoms with Gasteiger partial charge in [0.05, 0.1) is 0 Å². The summed E-state index contributed by atoms with van der Waals surface area (Å²) in [5.74, 6) is 2.75. The number of guanidine groups is 1. The molecule has 0 bridgehead atoms. The Labute approximate surface area is 189 Å². The van der Waals surface area contributed by atoms with Gasteiger partial charge in [-0.1, -0.05) is 60.7 Å². The van der Waals surface area contributed by atoms with Crippen LogP contribution < -0.4 is 10.6 Å². The van der Waals surface area contributed by atoms with E-state index in [9.17, 15) is 0 Å². The van der Waals surface area contributed by atoms with Crippen LogP contribution in [0.25, 0.3) is 0 Å². The quantitative estimate of drug-likeness (QED) is 0.293. The molecule has 154 valence electrons. The van der Waals surface area contributed by atoms with Crippen molar-refractivity contribution in [2.75, 3.05) is 13.1 Å². The maximum absolute atomic E-state index is 4.69. The van der Waals surface area contributed by atoms with Gasteiger partial charge in [0.1, 0.15) is 12.4 Å². The summed E-state index contributed by atoms with van der Waals surface area (Å²) in [5.41, 5.74) is 2.56. The molecule has 0 radical (unpaired) electrons. The van der Waals surface area contributed by atoms with E-state index in [1.165, 1.54) is 11.1 Å². The summed E-state index contributed by atoms with van der Waals surface area (Å²) in [6.45, 7) is 6.03. The van der Waals surface area contributed by atoms with E-state index in [-0.39, 0.29) is 29.9 Å². The van der Waals surface area contributed by atoms with E-state index in [0.29, 0.717) is 6.54 Å². The van der Waals surface area contributed by atoms with Crippen molar-refractivity contribution in [3.05, 3.63) is 83.4 Å². The number of aliphatic imine (C=N–C) groups is 1. The molecule has 6 nitrogen and oxygen atoms in total. The van der Waals surface area contributed by atoms with Gasteiger partial charge in [0, 0.05) is 26.1 Å².